The van der Waals surface area contributed by atoms with Crippen molar-refractivity contribution in [2.24, 2.45) is 5.92 Å². The third kappa shape index (κ3) is 4.62. The van der Waals surface area contributed by atoms with E-state index in [9.17, 15) is 0 Å². The largest absolute Gasteiger partial charge is 0.376 e. The van der Waals surface area contributed by atoms with Crippen LogP contribution in [0, 0.1) is 12.8 Å². The first-order valence-electron chi connectivity index (χ1n) is 7.48. The normalized spacial score (nSPS) is 21.2. The number of H-pyrrole nitrogens is 1. The topological polar surface area (TPSA) is 41.2 Å². The zero-order valence-corrected chi connectivity index (χ0v) is 12.5. The van der Waals surface area contributed by atoms with Crippen LogP contribution in [0.1, 0.15) is 44.5 Å². The number of imidazole rings is 1. The van der Waals surface area contributed by atoms with E-state index < -0.39 is 0 Å². The summed E-state index contributed by atoms with van der Waals surface area (Å²) < 4.78 is 5.87. The number of rotatable bonds is 6. The molecule has 4 heteroatoms. The first-order valence-corrected chi connectivity index (χ1v) is 7.48. The van der Waals surface area contributed by atoms with Crippen LogP contribution in [0.3, 0.4) is 0 Å². The zero-order valence-electron chi connectivity index (χ0n) is 12.5. The SMILES string of the molecule is Cc1[nH]cnc1CN1CCOC(CCCC(C)C)C1. The van der Waals surface area contributed by atoms with Gasteiger partial charge in [0.15, 0.2) is 0 Å². The van der Waals surface area contributed by atoms with Crippen molar-refractivity contribution in [2.75, 3.05) is 19.7 Å². The summed E-state index contributed by atoms with van der Waals surface area (Å²) in [6.07, 6.45) is 5.96. The Morgan fingerprint density at radius 1 is 1.53 bits per heavy atom. The minimum Gasteiger partial charge on any atom is -0.376 e. The Balaban J connectivity index is 1.75. The molecule has 1 unspecified atom stereocenters. The second-order valence-electron chi connectivity index (χ2n) is 6.03. The molecular formula is C15H27N3O. The molecule has 0 aromatic carbocycles. The van der Waals surface area contributed by atoms with Crippen LogP contribution in [0.15, 0.2) is 6.33 Å². The van der Waals surface area contributed by atoms with E-state index in [-0.39, 0.29) is 0 Å². The molecular weight excluding hydrogens is 238 g/mol. The van der Waals surface area contributed by atoms with E-state index in [4.69, 9.17) is 4.74 Å². The number of aryl methyl sites for hydroxylation is 1. The molecule has 1 aliphatic heterocycles. The second kappa shape index (κ2) is 7.06. The number of nitrogens with zero attached hydrogens (tertiary/aromatic N) is 2. The Morgan fingerprint density at radius 3 is 3.05 bits per heavy atom. The maximum atomic E-state index is 5.87. The van der Waals surface area contributed by atoms with Gasteiger partial charge < -0.3 is 9.72 Å². The standard InChI is InChI=1S/C15H27N3O/c1-12(2)5-4-6-14-9-18(7-8-19-14)10-15-13(3)16-11-17-15/h11-12,14H,4-10H2,1-3H3,(H,16,17). The lowest BCUT2D eigenvalue weighted by molar-refractivity contribution is -0.0364. The molecule has 19 heavy (non-hydrogen) atoms. The van der Waals surface area contributed by atoms with Gasteiger partial charge in [-0.15, -0.1) is 0 Å². The number of morpholine rings is 1. The number of hydrogen-bond acceptors (Lipinski definition) is 3. The van der Waals surface area contributed by atoms with E-state index in [0.717, 1.165) is 32.2 Å². The predicted octanol–water partition coefficient (Wildman–Crippen LogP) is 2.75. The Hall–Kier alpha value is -0.870. The van der Waals surface area contributed by atoms with Gasteiger partial charge in [-0.2, -0.15) is 0 Å². The summed E-state index contributed by atoms with van der Waals surface area (Å²) in [5.74, 6) is 0.798. The van der Waals surface area contributed by atoms with E-state index >= 15 is 0 Å². The molecule has 108 valence electrons. The molecule has 1 N–H and O–H groups in total. The third-order valence-electron chi connectivity index (χ3n) is 3.84. The van der Waals surface area contributed by atoms with E-state index in [1.165, 1.54) is 30.7 Å². The molecule has 4 nitrogen and oxygen atoms in total. The smallest absolute Gasteiger partial charge is 0.0925 e. The fraction of sp³-hybridized carbons (Fsp3) is 0.800. The van der Waals surface area contributed by atoms with Gasteiger partial charge in [-0.25, -0.2) is 4.98 Å². The lowest BCUT2D eigenvalue weighted by atomic mass is 10.0. The van der Waals surface area contributed by atoms with Crippen molar-refractivity contribution in [2.45, 2.75) is 52.7 Å². The number of aromatic amines is 1. The van der Waals surface area contributed by atoms with Gasteiger partial charge in [0.1, 0.15) is 0 Å². The van der Waals surface area contributed by atoms with Crippen LogP contribution in [0.5, 0.6) is 0 Å². The highest BCUT2D eigenvalue weighted by Crippen LogP contribution is 2.16. The van der Waals surface area contributed by atoms with Gasteiger partial charge in [-0.1, -0.05) is 26.7 Å². The molecule has 0 spiro atoms. The molecule has 2 heterocycles. The number of ether oxygens (including phenoxy) is 1. The molecule has 0 bridgehead atoms. The Morgan fingerprint density at radius 2 is 2.37 bits per heavy atom. The van der Waals surface area contributed by atoms with Crippen molar-refractivity contribution in [1.29, 1.82) is 0 Å². The van der Waals surface area contributed by atoms with Gasteiger partial charge in [-0.3, -0.25) is 4.90 Å². The summed E-state index contributed by atoms with van der Waals surface area (Å²) in [4.78, 5) is 9.99. The zero-order chi connectivity index (χ0) is 13.7. The lowest BCUT2D eigenvalue weighted by Gasteiger charge is -2.32. The fourth-order valence-corrected chi connectivity index (χ4v) is 2.61. The summed E-state index contributed by atoms with van der Waals surface area (Å²) >= 11 is 0. The number of hydrogen-bond donors (Lipinski definition) is 1. The summed E-state index contributed by atoms with van der Waals surface area (Å²) in [5, 5.41) is 0. The Labute approximate surface area is 116 Å². The molecule has 2 rings (SSSR count). The van der Waals surface area contributed by atoms with Crippen molar-refractivity contribution >= 4 is 0 Å². The average molecular weight is 265 g/mol. The molecule has 0 saturated carbocycles. The summed E-state index contributed by atoms with van der Waals surface area (Å²) in [5.41, 5.74) is 2.35. The van der Waals surface area contributed by atoms with Crippen LogP contribution in [0.2, 0.25) is 0 Å². The quantitative estimate of drug-likeness (QED) is 0.860. The molecule has 1 aromatic rings. The molecule has 1 atom stereocenters. The highest BCUT2D eigenvalue weighted by Gasteiger charge is 2.21. The van der Waals surface area contributed by atoms with Gasteiger partial charge in [0.2, 0.25) is 0 Å². The van der Waals surface area contributed by atoms with Crippen molar-refractivity contribution in [3.8, 4) is 0 Å². The van der Waals surface area contributed by atoms with E-state index in [1.54, 1.807) is 6.33 Å². The van der Waals surface area contributed by atoms with Crippen LogP contribution < -0.4 is 0 Å². The summed E-state index contributed by atoms with van der Waals surface area (Å²) in [7, 11) is 0. The van der Waals surface area contributed by atoms with Crippen LogP contribution in [0.25, 0.3) is 0 Å². The van der Waals surface area contributed by atoms with Crippen molar-refractivity contribution < 1.29 is 4.74 Å². The Bertz CT molecular complexity index is 375. The number of nitrogens with one attached hydrogen (secondary N) is 1. The van der Waals surface area contributed by atoms with Gasteiger partial charge in [-0.05, 0) is 19.3 Å². The summed E-state index contributed by atoms with van der Waals surface area (Å²) in [6, 6.07) is 0. The van der Waals surface area contributed by atoms with Crippen molar-refractivity contribution in [3.63, 3.8) is 0 Å². The Kier molecular flexibility index (Phi) is 5.40. The van der Waals surface area contributed by atoms with Crippen LogP contribution in [0.4, 0.5) is 0 Å². The predicted molar refractivity (Wildman–Crippen MR) is 77.0 cm³/mol. The first kappa shape index (κ1) is 14.5. The van der Waals surface area contributed by atoms with E-state index in [0.29, 0.717) is 6.10 Å². The van der Waals surface area contributed by atoms with Crippen molar-refractivity contribution in [3.05, 3.63) is 17.7 Å². The van der Waals surface area contributed by atoms with Crippen LogP contribution in [-0.2, 0) is 11.3 Å². The van der Waals surface area contributed by atoms with E-state index in [2.05, 4.69) is 35.6 Å². The maximum absolute atomic E-state index is 5.87. The molecule has 0 amide bonds. The van der Waals surface area contributed by atoms with Crippen LogP contribution in [-0.4, -0.2) is 40.7 Å². The molecule has 1 aliphatic rings. The minimum absolute atomic E-state index is 0.409. The monoisotopic (exact) mass is 265 g/mol. The molecule has 1 fully saturated rings. The molecule has 1 aromatic heterocycles. The minimum atomic E-state index is 0.409. The van der Waals surface area contributed by atoms with E-state index in [1.807, 2.05) is 0 Å². The van der Waals surface area contributed by atoms with Crippen molar-refractivity contribution in [1.82, 2.24) is 14.9 Å². The average Bonchev–Trinajstić information content (AvgIpc) is 2.75. The van der Waals surface area contributed by atoms with Gasteiger partial charge in [0, 0.05) is 25.3 Å². The highest BCUT2D eigenvalue weighted by molar-refractivity contribution is 5.08. The maximum Gasteiger partial charge on any atom is 0.0925 e. The summed E-state index contributed by atoms with van der Waals surface area (Å²) in [6.45, 7) is 10.5. The molecule has 1 saturated heterocycles. The highest BCUT2D eigenvalue weighted by atomic mass is 16.5. The third-order valence-corrected chi connectivity index (χ3v) is 3.84. The van der Waals surface area contributed by atoms with Crippen LogP contribution >= 0.6 is 0 Å². The first-order chi connectivity index (χ1) is 9.15. The van der Waals surface area contributed by atoms with Gasteiger partial charge >= 0.3 is 0 Å². The fourth-order valence-electron chi connectivity index (χ4n) is 2.61. The molecule has 0 aliphatic carbocycles. The number of aromatic nitrogens is 2. The lowest BCUT2D eigenvalue weighted by Crippen LogP contribution is -2.42. The van der Waals surface area contributed by atoms with Gasteiger partial charge in [0.25, 0.3) is 0 Å². The second-order valence-corrected chi connectivity index (χ2v) is 6.03. The molecule has 0 radical (unpaired) electrons. The van der Waals surface area contributed by atoms with Gasteiger partial charge in [0.05, 0.1) is 24.7 Å².